The Morgan fingerprint density at radius 2 is 2.31 bits per heavy atom. The van der Waals surface area contributed by atoms with Crippen LogP contribution < -0.4 is 0 Å². The zero-order chi connectivity index (χ0) is 11.4. The largest absolute Gasteiger partial charge is 0.376 e. The van der Waals surface area contributed by atoms with Crippen molar-refractivity contribution in [2.75, 3.05) is 26.3 Å². The van der Waals surface area contributed by atoms with E-state index >= 15 is 0 Å². The molecule has 0 radical (unpaired) electrons. The molecule has 0 N–H and O–H groups in total. The van der Waals surface area contributed by atoms with Crippen LogP contribution in [0.4, 0.5) is 0 Å². The molecule has 0 saturated carbocycles. The molecular weight excluding hydrogens is 208 g/mol. The van der Waals surface area contributed by atoms with Crippen molar-refractivity contribution in [3.8, 4) is 6.07 Å². The molecule has 0 aliphatic carbocycles. The first-order chi connectivity index (χ1) is 7.79. The average Bonchev–Trinajstić information content (AvgIpc) is 2.76. The van der Waals surface area contributed by atoms with Crippen molar-refractivity contribution in [1.82, 2.24) is 4.90 Å². The van der Waals surface area contributed by atoms with Crippen LogP contribution in [0.3, 0.4) is 0 Å². The molecule has 0 bridgehead atoms. The van der Waals surface area contributed by atoms with Crippen LogP contribution in [-0.4, -0.2) is 49.3 Å². The van der Waals surface area contributed by atoms with Crippen molar-refractivity contribution < 1.29 is 14.3 Å². The number of hydrogen-bond donors (Lipinski definition) is 0. The summed E-state index contributed by atoms with van der Waals surface area (Å²) in [6, 6.07) is 2.07. The summed E-state index contributed by atoms with van der Waals surface area (Å²) in [6.07, 6.45) is 2.47. The van der Waals surface area contributed by atoms with E-state index in [0.717, 1.165) is 19.4 Å². The van der Waals surface area contributed by atoms with E-state index in [9.17, 15) is 4.79 Å². The maximum Gasteiger partial charge on any atom is 0.248 e. The van der Waals surface area contributed by atoms with Crippen molar-refractivity contribution in [3.05, 3.63) is 0 Å². The minimum absolute atomic E-state index is 0.00434. The standard InChI is InChI=1S/C11H16N2O3/c12-4-3-10-7-13(11(14)8-16-10)6-9-2-1-5-15-9/h9-10H,1-3,5-8H2. The van der Waals surface area contributed by atoms with Gasteiger partial charge in [-0.15, -0.1) is 0 Å². The highest BCUT2D eigenvalue weighted by Crippen LogP contribution is 2.16. The molecule has 2 fully saturated rings. The highest BCUT2D eigenvalue weighted by molar-refractivity contribution is 5.78. The summed E-state index contributed by atoms with van der Waals surface area (Å²) in [5.41, 5.74) is 0. The third kappa shape index (κ3) is 2.71. The predicted molar refractivity (Wildman–Crippen MR) is 55.5 cm³/mol. The second kappa shape index (κ2) is 5.28. The minimum atomic E-state index is -0.135. The molecule has 2 unspecified atom stereocenters. The van der Waals surface area contributed by atoms with Crippen LogP contribution >= 0.6 is 0 Å². The van der Waals surface area contributed by atoms with E-state index in [-0.39, 0.29) is 24.7 Å². The summed E-state index contributed by atoms with van der Waals surface area (Å²) in [5, 5.41) is 8.60. The normalized spacial score (nSPS) is 30.4. The Balaban J connectivity index is 1.85. The molecular formula is C11H16N2O3. The van der Waals surface area contributed by atoms with Gasteiger partial charge in [0.2, 0.25) is 5.91 Å². The van der Waals surface area contributed by atoms with E-state index < -0.39 is 0 Å². The van der Waals surface area contributed by atoms with Gasteiger partial charge in [0.1, 0.15) is 6.61 Å². The maximum atomic E-state index is 11.6. The number of hydrogen-bond acceptors (Lipinski definition) is 4. The summed E-state index contributed by atoms with van der Waals surface area (Å²) in [4.78, 5) is 13.4. The monoisotopic (exact) mass is 224 g/mol. The van der Waals surface area contributed by atoms with Gasteiger partial charge in [0.25, 0.3) is 0 Å². The number of ether oxygens (including phenoxy) is 2. The molecule has 1 amide bonds. The first-order valence-corrected chi connectivity index (χ1v) is 5.67. The Morgan fingerprint density at radius 3 is 3.00 bits per heavy atom. The predicted octanol–water partition coefficient (Wildman–Crippen LogP) is 0.306. The number of nitrogens with zero attached hydrogens (tertiary/aromatic N) is 2. The number of morpholine rings is 1. The van der Waals surface area contributed by atoms with E-state index in [4.69, 9.17) is 14.7 Å². The highest BCUT2D eigenvalue weighted by Gasteiger charge is 2.29. The van der Waals surface area contributed by atoms with Gasteiger partial charge in [-0.3, -0.25) is 4.79 Å². The van der Waals surface area contributed by atoms with E-state index in [2.05, 4.69) is 6.07 Å². The van der Waals surface area contributed by atoms with Gasteiger partial charge in [-0.2, -0.15) is 5.26 Å². The zero-order valence-electron chi connectivity index (χ0n) is 9.22. The summed E-state index contributed by atoms with van der Waals surface area (Å²) in [5.74, 6) is 0.00434. The van der Waals surface area contributed by atoms with Gasteiger partial charge in [-0.05, 0) is 12.8 Å². The zero-order valence-corrected chi connectivity index (χ0v) is 9.22. The van der Waals surface area contributed by atoms with Crippen molar-refractivity contribution in [1.29, 1.82) is 5.26 Å². The molecule has 2 aliphatic rings. The van der Waals surface area contributed by atoms with E-state index in [1.165, 1.54) is 0 Å². The van der Waals surface area contributed by atoms with Crippen molar-refractivity contribution >= 4 is 5.91 Å². The lowest BCUT2D eigenvalue weighted by molar-refractivity contribution is -0.150. The molecule has 2 rings (SSSR count). The van der Waals surface area contributed by atoms with Crippen LogP contribution in [0, 0.1) is 11.3 Å². The Kier molecular flexibility index (Phi) is 3.75. The fourth-order valence-electron chi connectivity index (χ4n) is 2.12. The van der Waals surface area contributed by atoms with Crippen LogP contribution in [0.1, 0.15) is 19.3 Å². The van der Waals surface area contributed by atoms with Gasteiger partial charge in [-0.1, -0.05) is 0 Å². The summed E-state index contributed by atoms with van der Waals surface area (Å²) < 4.78 is 10.8. The lowest BCUT2D eigenvalue weighted by Gasteiger charge is -2.33. The topological polar surface area (TPSA) is 62.6 Å². The minimum Gasteiger partial charge on any atom is -0.376 e. The summed E-state index contributed by atoms with van der Waals surface area (Å²) in [7, 11) is 0. The Morgan fingerprint density at radius 1 is 1.44 bits per heavy atom. The van der Waals surface area contributed by atoms with Gasteiger partial charge < -0.3 is 14.4 Å². The fourth-order valence-corrected chi connectivity index (χ4v) is 2.12. The van der Waals surface area contributed by atoms with Gasteiger partial charge in [0.05, 0.1) is 24.7 Å². The molecule has 2 atom stereocenters. The summed E-state index contributed by atoms with van der Waals surface area (Å²) in [6.45, 7) is 2.06. The third-order valence-electron chi connectivity index (χ3n) is 2.99. The molecule has 0 aromatic heterocycles. The van der Waals surface area contributed by atoms with Crippen LogP contribution in [0.5, 0.6) is 0 Å². The van der Waals surface area contributed by atoms with Gasteiger partial charge in [0, 0.05) is 19.7 Å². The molecule has 0 aromatic carbocycles. The summed E-state index contributed by atoms with van der Waals surface area (Å²) >= 11 is 0. The van der Waals surface area contributed by atoms with Crippen LogP contribution in [0.25, 0.3) is 0 Å². The lowest BCUT2D eigenvalue weighted by Crippen LogP contribution is -2.49. The van der Waals surface area contributed by atoms with E-state index in [0.29, 0.717) is 19.5 Å². The Labute approximate surface area is 94.9 Å². The number of rotatable bonds is 3. The van der Waals surface area contributed by atoms with Crippen LogP contribution in [0.15, 0.2) is 0 Å². The number of carbonyl (C=O) groups is 1. The van der Waals surface area contributed by atoms with E-state index in [1.54, 1.807) is 4.90 Å². The molecule has 0 spiro atoms. The molecule has 5 heteroatoms. The van der Waals surface area contributed by atoms with Crippen molar-refractivity contribution in [2.45, 2.75) is 31.5 Å². The van der Waals surface area contributed by atoms with Crippen molar-refractivity contribution in [2.24, 2.45) is 0 Å². The van der Waals surface area contributed by atoms with Gasteiger partial charge in [-0.25, -0.2) is 0 Å². The SMILES string of the molecule is N#CCC1CN(CC2CCCO2)C(=O)CO1. The van der Waals surface area contributed by atoms with Crippen LogP contribution in [-0.2, 0) is 14.3 Å². The quantitative estimate of drug-likeness (QED) is 0.692. The number of nitriles is 1. The first kappa shape index (κ1) is 11.4. The highest BCUT2D eigenvalue weighted by atomic mass is 16.5. The molecule has 0 aromatic rings. The average molecular weight is 224 g/mol. The second-order valence-electron chi connectivity index (χ2n) is 4.23. The second-order valence-corrected chi connectivity index (χ2v) is 4.23. The molecule has 16 heavy (non-hydrogen) atoms. The van der Waals surface area contributed by atoms with Gasteiger partial charge >= 0.3 is 0 Å². The Bertz CT molecular complexity index is 294. The smallest absolute Gasteiger partial charge is 0.248 e. The Hall–Kier alpha value is -1.12. The maximum absolute atomic E-state index is 11.6. The van der Waals surface area contributed by atoms with E-state index in [1.807, 2.05) is 0 Å². The van der Waals surface area contributed by atoms with Gasteiger partial charge in [0.15, 0.2) is 0 Å². The first-order valence-electron chi connectivity index (χ1n) is 5.67. The van der Waals surface area contributed by atoms with Crippen LogP contribution in [0.2, 0.25) is 0 Å². The lowest BCUT2D eigenvalue weighted by atomic mass is 10.2. The molecule has 2 aliphatic heterocycles. The fraction of sp³-hybridized carbons (Fsp3) is 0.818. The number of carbonyl (C=O) groups excluding carboxylic acids is 1. The third-order valence-corrected chi connectivity index (χ3v) is 2.99. The molecule has 5 nitrogen and oxygen atoms in total. The number of amides is 1. The molecule has 2 heterocycles. The molecule has 88 valence electrons. The van der Waals surface area contributed by atoms with Crippen molar-refractivity contribution in [3.63, 3.8) is 0 Å². The molecule has 2 saturated heterocycles.